The van der Waals surface area contributed by atoms with Crippen LogP contribution in [-0.4, -0.2) is 125 Å². The first-order valence-corrected chi connectivity index (χ1v) is 29.7. The number of carboxylic acid groups (broad SMARTS) is 1. The van der Waals surface area contributed by atoms with E-state index in [1.54, 1.807) is 91.0 Å². The van der Waals surface area contributed by atoms with Crippen LogP contribution in [0.4, 0.5) is 0 Å². The molecule has 22 nitrogen and oxygen atoms in total. The molecule has 468 valence electrons. The second kappa shape index (κ2) is 36.7. The van der Waals surface area contributed by atoms with Gasteiger partial charge in [-0.2, -0.15) is 0 Å². The van der Waals surface area contributed by atoms with Crippen LogP contribution in [0.15, 0.2) is 96.0 Å². The van der Waals surface area contributed by atoms with Crippen molar-refractivity contribution in [1.82, 2.24) is 42.5 Å². The van der Waals surface area contributed by atoms with Crippen molar-refractivity contribution in [2.24, 2.45) is 51.8 Å². The van der Waals surface area contributed by atoms with Crippen LogP contribution in [0.25, 0.3) is 0 Å². The third kappa shape index (κ3) is 27.6. The Morgan fingerprint density at radius 1 is 0.376 bits per heavy atom. The number of hydrogen-bond acceptors (Lipinski definition) is 11. The highest BCUT2D eigenvalue weighted by molar-refractivity contribution is 5.98. The average molecular weight is 1180 g/mol. The molecular weight excluding hydrogens is 1080 g/mol. The van der Waals surface area contributed by atoms with E-state index < -0.39 is 108 Å². The SMILES string of the molecule is CC(C)C[C@H](NC(=O)[C@H](Cc1ccccc1)NC(=O)[C@H](CC(C)C)NC(=O)[C@H](CC(C)C)NC(=O)[C@H](Cc1ccccc1)NC(=O)[C@H](Cc1ccccc1)NC(=O)[C@H](CC(C)C)NC(=O)[C@H](CC(C)C)NC(=O)[C@@H](N)CCCN=C(N)N)C(=O)O. The lowest BCUT2D eigenvalue weighted by molar-refractivity contribution is -0.142. The van der Waals surface area contributed by atoms with Gasteiger partial charge in [0, 0.05) is 25.8 Å². The van der Waals surface area contributed by atoms with Crippen molar-refractivity contribution in [3.8, 4) is 0 Å². The van der Waals surface area contributed by atoms with Crippen LogP contribution in [0.3, 0.4) is 0 Å². The van der Waals surface area contributed by atoms with Gasteiger partial charge in [-0.25, -0.2) is 4.79 Å². The summed E-state index contributed by atoms with van der Waals surface area (Å²) >= 11 is 0. The lowest BCUT2D eigenvalue weighted by Crippen LogP contribution is -2.61. The number of nitrogens with one attached hydrogen (secondary N) is 8. The largest absolute Gasteiger partial charge is 0.480 e. The Hall–Kier alpha value is -7.88. The molecule has 0 bridgehead atoms. The van der Waals surface area contributed by atoms with Gasteiger partial charge in [0.25, 0.3) is 0 Å². The normalized spacial score (nSPS) is 14.5. The quantitative estimate of drug-likeness (QED) is 0.0224. The molecule has 0 aromatic heterocycles. The van der Waals surface area contributed by atoms with Gasteiger partial charge in [0.15, 0.2) is 5.96 Å². The number of aliphatic carboxylic acids is 1. The molecule has 0 aliphatic rings. The molecule has 0 aliphatic heterocycles. The van der Waals surface area contributed by atoms with Crippen LogP contribution < -0.4 is 59.7 Å². The molecule has 0 fully saturated rings. The molecule has 3 rings (SSSR count). The number of guanidine groups is 1. The van der Waals surface area contributed by atoms with Crippen molar-refractivity contribution in [2.75, 3.05) is 6.54 Å². The molecule has 3 aromatic rings. The standard InChI is InChI=1S/C63H96N12O10/c1-37(2)29-46(68-54(76)45(64)27-20-28-67-63(65)66)55(77)69-48(31-39(5)6)57(79)72-51(35-43-23-16-12-17-24-43)60(82)74-50(34-42-21-14-11-15-22-42)59(81)71-47(30-38(3)4)56(78)70-49(32-40(7)8)58(80)73-52(36-44-25-18-13-19-26-44)61(83)75-53(62(84)85)33-41(9)10/h11-19,21-26,37-41,45-53H,20,27-36,64H2,1-10H3,(H,68,76)(H,69,77)(H,70,78)(H,71,81)(H,72,79)(H,73,80)(H,74,82)(H,75,83)(H,84,85)(H4,65,66,67)/t45-,46-,47-,48-,49-,50-,51-,52-,53-/m0/s1. The highest BCUT2D eigenvalue weighted by Gasteiger charge is 2.36. The number of rotatable bonds is 37. The van der Waals surface area contributed by atoms with Crippen LogP contribution in [0.1, 0.15) is 131 Å². The van der Waals surface area contributed by atoms with E-state index in [2.05, 4.69) is 47.5 Å². The van der Waals surface area contributed by atoms with E-state index in [-0.39, 0.29) is 99.9 Å². The number of carbonyl (C=O) groups is 9. The third-order valence-electron chi connectivity index (χ3n) is 13.7. The number of nitrogens with two attached hydrogens (primary N) is 3. The zero-order chi connectivity index (χ0) is 63.3. The Labute approximate surface area is 502 Å². The minimum atomic E-state index is -1.32. The summed E-state index contributed by atoms with van der Waals surface area (Å²) in [7, 11) is 0. The predicted molar refractivity (Wildman–Crippen MR) is 329 cm³/mol. The maximum Gasteiger partial charge on any atom is 0.326 e. The fraction of sp³-hybridized carbons (Fsp3) is 0.556. The molecule has 15 N–H and O–H groups in total. The number of carbonyl (C=O) groups excluding carboxylic acids is 8. The summed E-state index contributed by atoms with van der Waals surface area (Å²) in [5, 5.41) is 32.4. The Kier molecular flexibility index (Phi) is 30.9. The number of hydrogen-bond donors (Lipinski definition) is 12. The minimum absolute atomic E-state index is 0.0156. The molecule has 85 heavy (non-hydrogen) atoms. The fourth-order valence-corrected chi connectivity index (χ4v) is 9.52. The number of amides is 8. The van der Waals surface area contributed by atoms with Crippen LogP contribution in [0.5, 0.6) is 0 Å². The number of nitrogens with zero attached hydrogens (tertiary/aromatic N) is 1. The summed E-state index contributed by atoms with van der Waals surface area (Å²) < 4.78 is 0. The molecule has 22 heteroatoms. The van der Waals surface area contributed by atoms with Gasteiger partial charge in [-0.3, -0.25) is 43.3 Å². The summed E-state index contributed by atoms with van der Waals surface area (Å²) in [4.78, 5) is 131. The molecule has 9 atom stereocenters. The van der Waals surface area contributed by atoms with Crippen LogP contribution in [0.2, 0.25) is 0 Å². The Bertz CT molecular complexity index is 2630. The highest BCUT2D eigenvalue weighted by Crippen LogP contribution is 2.16. The van der Waals surface area contributed by atoms with E-state index in [0.29, 0.717) is 23.1 Å². The predicted octanol–water partition coefficient (Wildman–Crippen LogP) is 3.29. The Balaban J connectivity index is 1.98. The van der Waals surface area contributed by atoms with E-state index in [1.807, 2.05) is 69.2 Å². The highest BCUT2D eigenvalue weighted by atomic mass is 16.4. The second-order valence-corrected chi connectivity index (χ2v) is 24.1. The molecule has 0 unspecified atom stereocenters. The van der Waals surface area contributed by atoms with Gasteiger partial charge in [0.1, 0.15) is 48.3 Å². The first-order valence-electron chi connectivity index (χ1n) is 29.7. The van der Waals surface area contributed by atoms with Crippen molar-refractivity contribution in [1.29, 1.82) is 0 Å². The van der Waals surface area contributed by atoms with Crippen molar-refractivity contribution in [2.45, 2.75) is 188 Å². The molecule has 0 spiro atoms. The van der Waals surface area contributed by atoms with Gasteiger partial charge in [-0.1, -0.05) is 160 Å². The van der Waals surface area contributed by atoms with Crippen LogP contribution in [-0.2, 0) is 62.4 Å². The monoisotopic (exact) mass is 1180 g/mol. The summed E-state index contributed by atoms with van der Waals surface area (Å²) in [5.41, 5.74) is 19.1. The van der Waals surface area contributed by atoms with Gasteiger partial charge >= 0.3 is 5.97 Å². The van der Waals surface area contributed by atoms with Crippen molar-refractivity contribution in [3.05, 3.63) is 108 Å². The van der Waals surface area contributed by atoms with E-state index in [4.69, 9.17) is 17.2 Å². The van der Waals surface area contributed by atoms with Gasteiger partial charge in [-0.05, 0) is 91.2 Å². The summed E-state index contributed by atoms with van der Waals surface area (Å²) in [6.45, 7) is 18.8. The molecular formula is C63H96N12O10. The van der Waals surface area contributed by atoms with Gasteiger partial charge in [0.2, 0.25) is 47.3 Å². The van der Waals surface area contributed by atoms with Gasteiger partial charge < -0.3 is 64.8 Å². The van der Waals surface area contributed by atoms with Crippen LogP contribution in [0, 0.1) is 29.6 Å². The van der Waals surface area contributed by atoms with E-state index in [9.17, 15) is 48.3 Å². The average Bonchev–Trinajstić information content (AvgIpc) is 3.63. The topological polar surface area (TPSA) is 361 Å². The van der Waals surface area contributed by atoms with Gasteiger partial charge in [0.05, 0.1) is 6.04 Å². The lowest BCUT2D eigenvalue weighted by atomic mass is 9.98. The number of carboxylic acids is 1. The maximum atomic E-state index is 14.9. The third-order valence-corrected chi connectivity index (χ3v) is 13.7. The molecule has 0 saturated heterocycles. The Morgan fingerprint density at radius 3 is 0.871 bits per heavy atom. The molecule has 0 saturated carbocycles. The van der Waals surface area contributed by atoms with E-state index in [0.717, 1.165) is 0 Å². The maximum absolute atomic E-state index is 14.9. The molecule has 3 aromatic carbocycles. The smallest absolute Gasteiger partial charge is 0.326 e. The van der Waals surface area contributed by atoms with Gasteiger partial charge in [-0.15, -0.1) is 0 Å². The minimum Gasteiger partial charge on any atom is -0.480 e. The molecule has 8 amide bonds. The van der Waals surface area contributed by atoms with E-state index in [1.165, 1.54) is 0 Å². The molecule has 0 aliphatic carbocycles. The van der Waals surface area contributed by atoms with Crippen molar-refractivity contribution < 1.29 is 48.3 Å². The Morgan fingerprint density at radius 2 is 0.612 bits per heavy atom. The second-order valence-electron chi connectivity index (χ2n) is 24.1. The zero-order valence-corrected chi connectivity index (χ0v) is 51.3. The summed E-state index contributed by atoms with van der Waals surface area (Å²) in [5.74, 6) is -7.37. The number of benzene rings is 3. The zero-order valence-electron chi connectivity index (χ0n) is 51.3. The fourth-order valence-electron chi connectivity index (χ4n) is 9.52. The van der Waals surface area contributed by atoms with Crippen LogP contribution >= 0.6 is 0 Å². The van der Waals surface area contributed by atoms with Crippen molar-refractivity contribution in [3.63, 3.8) is 0 Å². The first-order chi connectivity index (χ1) is 40.1. The number of aliphatic imine (C=N–C) groups is 1. The summed E-state index contributed by atoms with van der Waals surface area (Å²) in [6, 6.07) is 16.0. The first kappa shape index (κ1) is 71.4. The summed E-state index contributed by atoms with van der Waals surface area (Å²) in [6.07, 6.45) is 1.35. The van der Waals surface area contributed by atoms with E-state index >= 15 is 0 Å². The lowest BCUT2D eigenvalue weighted by Gasteiger charge is -2.29. The molecule has 0 heterocycles. The van der Waals surface area contributed by atoms with Crippen molar-refractivity contribution >= 4 is 59.2 Å². The molecule has 0 radical (unpaired) electrons.